The molecular formula is C21H20N2. The van der Waals surface area contributed by atoms with Gasteiger partial charge in [-0.15, -0.1) is 0 Å². The van der Waals surface area contributed by atoms with Gasteiger partial charge in [-0.1, -0.05) is 42.5 Å². The van der Waals surface area contributed by atoms with Crippen molar-refractivity contribution in [1.29, 1.82) is 0 Å². The van der Waals surface area contributed by atoms with Gasteiger partial charge in [-0.25, -0.2) is 0 Å². The number of hydrogen-bond donors (Lipinski definition) is 0. The molecule has 0 amide bonds. The molecule has 23 heavy (non-hydrogen) atoms. The highest BCUT2D eigenvalue weighted by atomic mass is 15.1. The van der Waals surface area contributed by atoms with Crippen molar-refractivity contribution in [3.05, 3.63) is 83.9 Å². The third kappa shape index (κ3) is 2.27. The summed E-state index contributed by atoms with van der Waals surface area (Å²) >= 11 is 0. The maximum atomic E-state index is 2.30. The van der Waals surface area contributed by atoms with Crippen LogP contribution in [0, 0.1) is 0 Å². The average Bonchev–Trinajstić information content (AvgIpc) is 2.62. The van der Waals surface area contributed by atoms with E-state index in [-0.39, 0.29) is 0 Å². The number of anilines is 4. The fourth-order valence-corrected chi connectivity index (χ4v) is 3.47. The van der Waals surface area contributed by atoms with Gasteiger partial charge in [-0.2, -0.15) is 0 Å². The van der Waals surface area contributed by atoms with E-state index in [2.05, 4.69) is 96.7 Å². The zero-order valence-corrected chi connectivity index (χ0v) is 13.5. The van der Waals surface area contributed by atoms with Gasteiger partial charge in [0.25, 0.3) is 0 Å². The summed E-state index contributed by atoms with van der Waals surface area (Å²) in [4.78, 5) is 4.58. The van der Waals surface area contributed by atoms with Crippen molar-refractivity contribution in [2.75, 3.05) is 23.9 Å². The number of fused-ring (bicyclic) bond motifs is 2. The van der Waals surface area contributed by atoms with Crippen molar-refractivity contribution in [3.8, 4) is 0 Å². The number of para-hydroxylation sites is 2. The van der Waals surface area contributed by atoms with E-state index < -0.39 is 0 Å². The van der Waals surface area contributed by atoms with Crippen LogP contribution in [0.5, 0.6) is 0 Å². The second-order valence-electron chi connectivity index (χ2n) is 6.03. The summed E-state index contributed by atoms with van der Waals surface area (Å²) in [5.74, 6) is 0. The topological polar surface area (TPSA) is 6.48 Å². The summed E-state index contributed by atoms with van der Waals surface area (Å²) in [6.07, 6.45) is 0.975. The average molecular weight is 300 g/mol. The smallest absolute Gasteiger partial charge is 0.0465 e. The lowest BCUT2D eigenvalue weighted by Crippen LogP contribution is -2.21. The number of nitrogens with zero attached hydrogens (tertiary/aromatic N) is 2. The van der Waals surface area contributed by atoms with E-state index in [1.807, 2.05) is 0 Å². The highest BCUT2D eigenvalue weighted by Gasteiger charge is 2.23. The highest BCUT2D eigenvalue weighted by molar-refractivity contribution is 5.81. The molecule has 0 saturated carbocycles. The first kappa shape index (κ1) is 13.9. The van der Waals surface area contributed by atoms with Crippen LogP contribution in [0.15, 0.2) is 72.8 Å². The Morgan fingerprint density at radius 3 is 2.30 bits per heavy atom. The molecule has 1 heterocycles. The lowest BCUT2D eigenvalue weighted by molar-refractivity contribution is 1.04. The second kappa shape index (κ2) is 5.47. The van der Waals surface area contributed by atoms with Crippen LogP contribution in [0.2, 0.25) is 0 Å². The molecule has 2 nitrogen and oxygen atoms in total. The maximum Gasteiger partial charge on any atom is 0.0465 e. The van der Waals surface area contributed by atoms with Crippen molar-refractivity contribution in [1.82, 2.24) is 0 Å². The third-order valence-corrected chi connectivity index (χ3v) is 4.71. The normalized spacial score (nSPS) is 12.5. The summed E-state index contributed by atoms with van der Waals surface area (Å²) in [7, 11) is 4.30. The van der Waals surface area contributed by atoms with Crippen LogP contribution in [0.1, 0.15) is 11.1 Å². The Balaban J connectivity index is 1.83. The van der Waals surface area contributed by atoms with Crippen molar-refractivity contribution >= 4 is 22.7 Å². The first-order valence-electron chi connectivity index (χ1n) is 7.98. The number of benzene rings is 3. The SMILES string of the molecule is CN(c1ccccc1)c1cccc2c1Cc1ccccc1N2C. The Kier molecular flexibility index (Phi) is 3.30. The molecule has 0 aliphatic carbocycles. The van der Waals surface area contributed by atoms with Gasteiger partial charge < -0.3 is 9.80 Å². The molecule has 0 fully saturated rings. The molecule has 4 rings (SSSR count). The molecule has 1 aliphatic rings. The van der Waals surface area contributed by atoms with E-state index >= 15 is 0 Å². The van der Waals surface area contributed by atoms with Crippen molar-refractivity contribution < 1.29 is 0 Å². The summed E-state index contributed by atoms with van der Waals surface area (Å²) in [5.41, 5.74) is 7.86. The first-order chi connectivity index (χ1) is 11.3. The van der Waals surface area contributed by atoms with Crippen molar-refractivity contribution in [2.24, 2.45) is 0 Å². The summed E-state index contributed by atoms with van der Waals surface area (Å²) in [5, 5.41) is 0. The minimum Gasteiger partial charge on any atom is -0.344 e. The van der Waals surface area contributed by atoms with Gasteiger partial charge >= 0.3 is 0 Å². The molecule has 1 aliphatic heterocycles. The van der Waals surface area contributed by atoms with Crippen LogP contribution in [0.3, 0.4) is 0 Å². The molecule has 0 radical (unpaired) electrons. The minimum absolute atomic E-state index is 0.975. The predicted molar refractivity (Wildman–Crippen MR) is 98.3 cm³/mol. The summed E-state index contributed by atoms with van der Waals surface area (Å²) in [6.45, 7) is 0. The van der Waals surface area contributed by atoms with Crippen LogP contribution in [-0.2, 0) is 6.42 Å². The first-order valence-corrected chi connectivity index (χ1v) is 7.98. The Hall–Kier alpha value is -2.74. The third-order valence-electron chi connectivity index (χ3n) is 4.71. The molecule has 0 aromatic heterocycles. The highest BCUT2D eigenvalue weighted by Crippen LogP contribution is 2.42. The molecule has 0 spiro atoms. The fraction of sp³-hybridized carbons (Fsp3) is 0.143. The van der Waals surface area contributed by atoms with Gasteiger partial charge in [0.05, 0.1) is 0 Å². The molecule has 0 N–H and O–H groups in total. The van der Waals surface area contributed by atoms with Gasteiger partial charge in [0, 0.05) is 48.8 Å². The van der Waals surface area contributed by atoms with Crippen molar-refractivity contribution in [2.45, 2.75) is 6.42 Å². The van der Waals surface area contributed by atoms with Gasteiger partial charge in [0.15, 0.2) is 0 Å². The Morgan fingerprint density at radius 1 is 0.783 bits per heavy atom. The number of hydrogen-bond acceptors (Lipinski definition) is 2. The van der Waals surface area contributed by atoms with E-state index in [1.165, 1.54) is 33.9 Å². The van der Waals surface area contributed by atoms with Crippen molar-refractivity contribution in [3.63, 3.8) is 0 Å². The quantitative estimate of drug-likeness (QED) is 0.647. The van der Waals surface area contributed by atoms with Gasteiger partial charge in [-0.05, 0) is 35.9 Å². The predicted octanol–water partition coefficient (Wildman–Crippen LogP) is 5.13. The number of rotatable bonds is 2. The van der Waals surface area contributed by atoms with Crippen LogP contribution in [-0.4, -0.2) is 14.1 Å². The largest absolute Gasteiger partial charge is 0.344 e. The van der Waals surface area contributed by atoms with Crippen LogP contribution in [0.25, 0.3) is 0 Å². The second-order valence-corrected chi connectivity index (χ2v) is 6.03. The molecule has 3 aromatic rings. The molecule has 2 heteroatoms. The van der Waals surface area contributed by atoms with Gasteiger partial charge in [0.1, 0.15) is 0 Å². The molecule has 0 bridgehead atoms. The van der Waals surface area contributed by atoms with Gasteiger partial charge in [-0.3, -0.25) is 0 Å². The monoisotopic (exact) mass is 300 g/mol. The van der Waals surface area contributed by atoms with Crippen LogP contribution in [0.4, 0.5) is 22.7 Å². The molecule has 0 atom stereocenters. The van der Waals surface area contributed by atoms with E-state index in [1.54, 1.807) is 0 Å². The standard InChI is InChI=1S/C21H20N2/c1-22(17-10-4-3-5-11-17)20-13-8-14-21-18(20)15-16-9-6-7-12-19(16)23(21)2/h3-14H,15H2,1-2H3. The van der Waals surface area contributed by atoms with E-state index in [9.17, 15) is 0 Å². The Labute approximate surface area is 137 Å². The Morgan fingerprint density at radius 2 is 1.48 bits per heavy atom. The zero-order chi connectivity index (χ0) is 15.8. The maximum absolute atomic E-state index is 2.30. The molecule has 0 saturated heterocycles. The lowest BCUT2D eigenvalue weighted by atomic mass is 9.94. The molecule has 3 aromatic carbocycles. The molecular weight excluding hydrogens is 280 g/mol. The van der Waals surface area contributed by atoms with E-state index in [0.717, 1.165) is 6.42 Å². The summed E-state index contributed by atoms with van der Waals surface area (Å²) in [6, 6.07) is 25.8. The summed E-state index contributed by atoms with van der Waals surface area (Å²) < 4.78 is 0. The molecule has 114 valence electrons. The van der Waals surface area contributed by atoms with E-state index in [4.69, 9.17) is 0 Å². The van der Waals surface area contributed by atoms with Crippen LogP contribution >= 0.6 is 0 Å². The zero-order valence-electron chi connectivity index (χ0n) is 13.5. The van der Waals surface area contributed by atoms with Gasteiger partial charge in [0.2, 0.25) is 0 Å². The Bertz CT molecular complexity index is 839. The fourth-order valence-electron chi connectivity index (χ4n) is 3.47. The van der Waals surface area contributed by atoms with E-state index in [0.29, 0.717) is 0 Å². The minimum atomic E-state index is 0.975. The van der Waals surface area contributed by atoms with Crippen LogP contribution < -0.4 is 9.80 Å². The lowest BCUT2D eigenvalue weighted by Gasteiger charge is -2.33. The molecule has 0 unspecified atom stereocenters.